The van der Waals surface area contributed by atoms with Crippen LogP contribution in [0.4, 0.5) is 0 Å². The van der Waals surface area contributed by atoms with Crippen molar-refractivity contribution in [3.05, 3.63) is 35.9 Å². The van der Waals surface area contributed by atoms with Gasteiger partial charge in [0.05, 0.1) is 5.41 Å². The molecule has 2 N–H and O–H groups in total. The highest BCUT2D eigenvalue weighted by Crippen LogP contribution is 2.54. The first-order valence-corrected chi connectivity index (χ1v) is 6.75. The predicted octanol–water partition coefficient (Wildman–Crippen LogP) is 2.19. The highest BCUT2D eigenvalue weighted by Gasteiger charge is 2.61. The Morgan fingerprint density at radius 3 is 2.32 bits per heavy atom. The van der Waals surface area contributed by atoms with Gasteiger partial charge in [-0.1, -0.05) is 30.3 Å². The van der Waals surface area contributed by atoms with E-state index in [2.05, 4.69) is 12.1 Å². The van der Waals surface area contributed by atoms with Crippen LogP contribution in [0.25, 0.3) is 0 Å². The third-order valence-corrected chi connectivity index (χ3v) is 4.11. The molecule has 1 saturated carbocycles. The fourth-order valence-corrected chi connectivity index (χ4v) is 2.88. The quantitative estimate of drug-likeness (QED) is 0.900. The molecule has 0 unspecified atom stereocenters. The topological polar surface area (TPSA) is 46.3 Å². The van der Waals surface area contributed by atoms with Crippen molar-refractivity contribution in [3.8, 4) is 0 Å². The van der Waals surface area contributed by atoms with Crippen molar-refractivity contribution in [2.24, 2.45) is 11.7 Å². The molecule has 2 rings (SSSR count). The van der Waals surface area contributed by atoms with Crippen LogP contribution in [0.5, 0.6) is 0 Å². The van der Waals surface area contributed by atoms with E-state index in [4.69, 9.17) is 5.73 Å². The van der Waals surface area contributed by atoms with Gasteiger partial charge in [-0.05, 0) is 38.3 Å². The van der Waals surface area contributed by atoms with Crippen LogP contribution in [0, 0.1) is 5.92 Å². The molecule has 1 aliphatic rings. The minimum Gasteiger partial charge on any atom is -0.342 e. The van der Waals surface area contributed by atoms with Gasteiger partial charge in [0, 0.05) is 13.1 Å². The number of rotatable bonds is 5. The van der Waals surface area contributed by atoms with Gasteiger partial charge >= 0.3 is 0 Å². The number of amides is 1. The molecule has 4 heteroatoms. The van der Waals surface area contributed by atoms with Gasteiger partial charge in [-0.2, -0.15) is 0 Å². The summed E-state index contributed by atoms with van der Waals surface area (Å²) in [5, 5.41) is 0. The van der Waals surface area contributed by atoms with E-state index < -0.39 is 0 Å². The number of carbonyl (C=O) groups is 1. The summed E-state index contributed by atoms with van der Waals surface area (Å²) in [7, 11) is 0. The Kier molecular flexibility index (Phi) is 5.39. The molecular weight excluding hydrogens is 260 g/mol. The fourth-order valence-electron chi connectivity index (χ4n) is 2.88. The van der Waals surface area contributed by atoms with Gasteiger partial charge in [-0.3, -0.25) is 4.79 Å². The Morgan fingerprint density at radius 1 is 1.32 bits per heavy atom. The number of benzene rings is 1. The zero-order valence-corrected chi connectivity index (χ0v) is 12.5. The number of carbonyl (C=O) groups excluding carboxylic acids is 1. The third-order valence-electron chi connectivity index (χ3n) is 4.11. The number of nitrogens with two attached hydrogens (primary N) is 1. The van der Waals surface area contributed by atoms with Crippen molar-refractivity contribution in [3.63, 3.8) is 0 Å². The summed E-state index contributed by atoms with van der Waals surface area (Å²) in [6.07, 6.45) is 0.892. The van der Waals surface area contributed by atoms with E-state index >= 15 is 0 Å². The Labute approximate surface area is 121 Å². The average molecular weight is 283 g/mol. The standard InChI is InChI=1S/C15H22N2O.ClH/c1-3-17(4-2)14(18)15(10-13(15)11-16)12-8-6-5-7-9-12;/h5-9,13H,3-4,10-11,16H2,1-2H3;1H/t13-,15+;/m1./s1. The first kappa shape index (κ1) is 16.0. The molecular formula is C15H23ClN2O. The van der Waals surface area contributed by atoms with Gasteiger partial charge in [0.2, 0.25) is 5.91 Å². The summed E-state index contributed by atoms with van der Waals surface area (Å²) in [5.74, 6) is 0.544. The van der Waals surface area contributed by atoms with E-state index in [0.29, 0.717) is 12.5 Å². The second-order valence-electron chi connectivity index (χ2n) is 4.95. The number of halogens is 1. The Hall–Kier alpha value is -1.06. The van der Waals surface area contributed by atoms with Crippen molar-refractivity contribution in [2.75, 3.05) is 19.6 Å². The Balaban J connectivity index is 0.00000180. The maximum absolute atomic E-state index is 12.7. The zero-order chi connectivity index (χ0) is 13.2. The van der Waals surface area contributed by atoms with Crippen LogP contribution in [-0.2, 0) is 10.2 Å². The summed E-state index contributed by atoms with van der Waals surface area (Å²) < 4.78 is 0. The van der Waals surface area contributed by atoms with Crippen molar-refractivity contribution < 1.29 is 4.79 Å². The number of hydrogen-bond acceptors (Lipinski definition) is 2. The minimum atomic E-state index is -0.345. The van der Waals surface area contributed by atoms with E-state index in [-0.39, 0.29) is 23.7 Å². The third kappa shape index (κ3) is 2.63. The summed E-state index contributed by atoms with van der Waals surface area (Å²) >= 11 is 0. The van der Waals surface area contributed by atoms with Crippen LogP contribution in [0.1, 0.15) is 25.8 Å². The highest BCUT2D eigenvalue weighted by atomic mass is 35.5. The summed E-state index contributed by atoms with van der Waals surface area (Å²) in [6, 6.07) is 10.1. The lowest BCUT2D eigenvalue weighted by molar-refractivity contribution is -0.134. The van der Waals surface area contributed by atoms with E-state index in [1.807, 2.05) is 36.9 Å². The normalized spacial score (nSPS) is 24.5. The molecule has 0 spiro atoms. The molecule has 0 bridgehead atoms. The van der Waals surface area contributed by atoms with Gasteiger partial charge in [-0.25, -0.2) is 0 Å². The van der Waals surface area contributed by atoms with Gasteiger partial charge in [0.1, 0.15) is 0 Å². The lowest BCUT2D eigenvalue weighted by Crippen LogP contribution is -2.40. The van der Waals surface area contributed by atoms with Crippen LogP contribution < -0.4 is 5.73 Å². The first-order valence-electron chi connectivity index (χ1n) is 6.75. The van der Waals surface area contributed by atoms with Crippen LogP contribution in [-0.4, -0.2) is 30.4 Å². The summed E-state index contributed by atoms with van der Waals surface area (Å²) in [5.41, 5.74) is 6.57. The first-order chi connectivity index (χ1) is 8.70. The molecule has 1 aromatic rings. The Bertz CT molecular complexity index is 419. The molecule has 1 amide bonds. The number of nitrogens with zero attached hydrogens (tertiary/aromatic N) is 1. The van der Waals surface area contributed by atoms with E-state index in [1.54, 1.807) is 0 Å². The van der Waals surface area contributed by atoms with Crippen molar-refractivity contribution in [1.82, 2.24) is 4.90 Å². The lowest BCUT2D eigenvalue weighted by Gasteiger charge is -2.26. The van der Waals surface area contributed by atoms with E-state index in [9.17, 15) is 4.79 Å². The molecule has 1 fully saturated rings. The van der Waals surface area contributed by atoms with Crippen LogP contribution in [0.15, 0.2) is 30.3 Å². The van der Waals surface area contributed by atoms with E-state index in [0.717, 1.165) is 25.1 Å². The van der Waals surface area contributed by atoms with Gasteiger partial charge < -0.3 is 10.6 Å². The lowest BCUT2D eigenvalue weighted by atomic mass is 9.91. The zero-order valence-electron chi connectivity index (χ0n) is 11.6. The van der Waals surface area contributed by atoms with Gasteiger partial charge in [0.15, 0.2) is 0 Å². The molecule has 0 aliphatic heterocycles. The molecule has 0 heterocycles. The molecule has 1 aliphatic carbocycles. The molecule has 106 valence electrons. The number of likely N-dealkylation sites (N-methyl/N-ethyl adjacent to an activating group) is 1. The van der Waals surface area contributed by atoms with Crippen molar-refractivity contribution in [2.45, 2.75) is 25.7 Å². The Morgan fingerprint density at radius 2 is 1.89 bits per heavy atom. The number of hydrogen-bond donors (Lipinski definition) is 1. The average Bonchev–Trinajstić information content (AvgIpc) is 3.17. The summed E-state index contributed by atoms with van der Waals surface area (Å²) in [4.78, 5) is 14.6. The van der Waals surface area contributed by atoms with Crippen LogP contribution in [0.3, 0.4) is 0 Å². The molecule has 0 aromatic heterocycles. The van der Waals surface area contributed by atoms with Crippen molar-refractivity contribution >= 4 is 18.3 Å². The molecule has 19 heavy (non-hydrogen) atoms. The molecule has 1 aromatic carbocycles. The molecule has 0 radical (unpaired) electrons. The smallest absolute Gasteiger partial charge is 0.233 e. The maximum atomic E-state index is 12.7. The molecule has 3 nitrogen and oxygen atoms in total. The van der Waals surface area contributed by atoms with E-state index in [1.165, 1.54) is 0 Å². The molecule has 0 saturated heterocycles. The maximum Gasteiger partial charge on any atom is 0.233 e. The van der Waals surface area contributed by atoms with Crippen LogP contribution in [0.2, 0.25) is 0 Å². The monoisotopic (exact) mass is 282 g/mol. The second kappa shape index (κ2) is 6.40. The molecule has 2 atom stereocenters. The minimum absolute atomic E-state index is 0. The van der Waals surface area contributed by atoms with Gasteiger partial charge in [-0.15, -0.1) is 12.4 Å². The predicted molar refractivity (Wildman–Crippen MR) is 80.5 cm³/mol. The van der Waals surface area contributed by atoms with Gasteiger partial charge in [0.25, 0.3) is 0 Å². The fraction of sp³-hybridized carbons (Fsp3) is 0.533. The van der Waals surface area contributed by atoms with Crippen molar-refractivity contribution in [1.29, 1.82) is 0 Å². The second-order valence-corrected chi connectivity index (χ2v) is 4.95. The largest absolute Gasteiger partial charge is 0.342 e. The van der Waals surface area contributed by atoms with Crippen LogP contribution >= 0.6 is 12.4 Å². The highest BCUT2D eigenvalue weighted by molar-refractivity contribution is 5.92. The summed E-state index contributed by atoms with van der Waals surface area (Å²) in [6.45, 7) is 6.17. The SMILES string of the molecule is CCN(CC)C(=O)[C@]1(c2ccccc2)C[C@@H]1CN.Cl.